The summed E-state index contributed by atoms with van der Waals surface area (Å²) in [4.78, 5) is 28.5. The van der Waals surface area contributed by atoms with Gasteiger partial charge in [0, 0.05) is 15.6 Å². The van der Waals surface area contributed by atoms with E-state index in [0.717, 1.165) is 33.2 Å². The predicted molar refractivity (Wildman–Crippen MR) is 123 cm³/mol. The first-order valence-corrected chi connectivity index (χ1v) is 10.8. The fourth-order valence-electron chi connectivity index (χ4n) is 2.97. The van der Waals surface area contributed by atoms with Gasteiger partial charge in [-0.3, -0.25) is 9.59 Å². The van der Waals surface area contributed by atoms with Crippen molar-refractivity contribution in [1.29, 1.82) is 0 Å². The molecule has 3 aromatic carbocycles. The number of carbonyl (C=O) groups is 2. The Morgan fingerprint density at radius 1 is 0.903 bits per heavy atom. The lowest BCUT2D eigenvalue weighted by atomic mass is 10.2. The number of imide groups is 1. The number of aryl methyl sites for hydroxylation is 1. The van der Waals surface area contributed by atoms with Crippen molar-refractivity contribution in [3.63, 3.8) is 0 Å². The van der Waals surface area contributed by atoms with Gasteiger partial charge in [0.1, 0.15) is 16.4 Å². The van der Waals surface area contributed by atoms with Gasteiger partial charge in [-0.15, -0.1) is 0 Å². The van der Waals surface area contributed by atoms with Crippen LogP contribution < -0.4 is 10.2 Å². The minimum atomic E-state index is -0.633. The molecule has 0 saturated carbocycles. The quantitative estimate of drug-likeness (QED) is 0.434. The molecule has 2 amide bonds. The van der Waals surface area contributed by atoms with Crippen LogP contribution in [0.5, 0.6) is 0 Å². The second-order valence-electron chi connectivity index (χ2n) is 6.80. The summed E-state index contributed by atoms with van der Waals surface area (Å²) in [6, 6.07) is 18.1. The van der Waals surface area contributed by atoms with Crippen molar-refractivity contribution in [3.05, 3.63) is 98.8 Å². The zero-order chi connectivity index (χ0) is 22.1. The van der Waals surface area contributed by atoms with Crippen LogP contribution in [0.3, 0.4) is 0 Å². The summed E-state index contributed by atoms with van der Waals surface area (Å²) >= 11 is 13.0. The number of thioether (sulfide) groups is 1. The molecule has 1 aliphatic heterocycles. The Morgan fingerprint density at radius 2 is 1.58 bits per heavy atom. The smallest absolute Gasteiger partial charge is 0.283 e. The molecule has 0 spiro atoms. The van der Waals surface area contributed by atoms with Gasteiger partial charge in [-0.2, -0.15) is 0 Å². The fraction of sp³-hybridized carbons (Fsp3) is 0.0435. The van der Waals surface area contributed by atoms with Gasteiger partial charge >= 0.3 is 0 Å². The molecule has 0 atom stereocenters. The standard InChI is InChI=1S/C23H15Cl2FN2O2S/c1-13-2-6-15(7-3-13)27-20-21(31-17-9-4-14(24)5-10-17)23(30)28(22(20)29)16-8-11-19(26)18(25)12-16/h2-12,27H,1H3. The molecule has 0 unspecified atom stereocenters. The van der Waals surface area contributed by atoms with Gasteiger partial charge in [0.2, 0.25) is 0 Å². The molecular formula is C23H15Cl2FN2O2S. The molecule has 4 rings (SSSR count). The Labute approximate surface area is 192 Å². The number of hydrogen-bond donors (Lipinski definition) is 1. The molecule has 31 heavy (non-hydrogen) atoms. The largest absolute Gasteiger partial charge is 0.350 e. The van der Waals surface area contributed by atoms with Crippen LogP contribution in [0.25, 0.3) is 0 Å². The van der Waals surface area contributed by atoms with E-state index in [1.165, 1.54) is 12.1 Å². The third-order valence-electron chi connectivity index (χ3n) is 4.56. The van der Waals surface area contributed by atoms with E-state index in [0.29, 0.717) is 10.7 Å². The number of amides is 2. The third-order valence-corrected chi connectivity index (χ3v) is 6.19. The van der Waals surface area contributed by atoms with E-state index in [1.54, 1.807) is 24.3 Å². The molecule has 0 radical (unpaired) electrons. The highest BCUT2D eigenvalue weighted by atomic mass is 35.5. The third kappa shape index (κ3) is 4.46. The maximum absolute atomic E-state index is 13.6. The average Bonchev–Trinajstić information content (AvgIpc) is 2.97. The molecule has 156 valence electrons. The van der Waals surface area contributed by atoms with Crippen LogP contribution in [-0.2, 0) is 9.59 Å². The van der Waals surface area contributed by atoms with Crippen molar-refractivity contribution in [2.24, 2.45) is 0 Å². The first kappa shape index (κ1) is 21.4. The fourth-order valence-corrected chi connectivity index (χ4v) is 4.20. The number of rotatable bonds is 5. The number of nitrogens with zero attached hydrogens (tertiary/aromatic N) is 1. The first-order valence-electron chi connectivity index (χ1n) is 9.19. The van der Waals surface area contributed by atoms with Crippen LogP contribution in [-0.4, -0.2) is 11.8 Å². The number of nitrogens with one attached hydrogen (secondary N) is 1. The topological polar surface area (TPSA) is 49.4 Å². The zero-order valence-electron chi connectivity index (χ0n) is 16.2. The molecule has 3 aromatic rings. The van der Waals surface area contributed by atoms with Crippen LogP contribution >= 0.6 is 35.0 Å². The van der Waals surface area contributed by atoms with E-state index in [4.69, 9.17) is 23.2 Å². The van der Waals surface area contributed by atoms with Gasteiger partial charge in [0.15, 0.2) is 0 Å². The lowest BCUT2D eigenvalue weighted by Crippen LogP contribution is -2.32. The maximum Gasteiger partial charge on any atom is 0.283 e. The van der Waals surface area contributed by atoms with E-state index in [1.807, 2.05) is 31.2 Å². The summed E-state index contributed by atoms with van der Waals surface area (Å²) in [5.41, 5.74) is 2.05. The molecule has 0 bridgehead atoms. The van der Waals surface area contributed by atoms with E-state index >= 15 is 0 Å². The molecule has 8 heteroatoms. The molecule has 0 fully saturated rings. The van der Waals surface area contributed by atoms with Gasteiger partial charge < -0.3 is 5.32 Å². The lowest BCUT2D eigenvalue weighted by molar-refractivity contribution is -0.120. The number of carbonyl (C=O) groups excluding carboxylic acids is 2. The number of halogens is 3. The van der Waals surface area contributed by atoms with Crippen molar-refractivity contribution in [2.75, 3.05) is 10.2 Å². The lowest BCUT2D eigenvalue weighted by Gasteiger charge is -2.15. The van der Waals surface area contributed by atoms with Gasteiger partial charge in [0.25, 0.3) is 11.8 Å². The Morgan fingerprint density at radius 3 is 2.23 bits per heavy atom. The minimum absolute atomic E-state index is 0.134. The monoisotopic (exact) mass is 472 g/mol. The summed E-state index contributed by atoms with van der Waals surface area (Å²) in [6.07, 6.45) is 0. The van der Waals surface area contributed by atoms with Crippen molar-refractivity contribution < 1.29 is 14.0 Å². The average molecular weight is 473 g/mol. The summed E-state index contributed by atoms with van der Waals surface area (Å²) in [6.45, 7) is 1.95. The number of benzene rings is 3. The van der Waals surface area contributed by atoms with Gasteiger partial charge in [-0.1, -0.05) is 52.7 Å². The highest BCUT2D eigenvalue weighted by molar-refractivity contribution is 8.04. The Balaban J connectivity index is 1.74. The number of anilines is 2. The highest BCUT2D eigenvalue weighted by Gasteiger charge is 2.40. The summed E-state index contributed by atoms with van der Waals surface area (Å²) in [5, 5.41) is 3.46. The summed E-state index contributed by atoms with van der Waals surface area (Å²) in [7, 11) is 0. The van der Waals surface area contributed by atoms with Crippen LogP contribution in [0, 0.1) is 12.7 Å². The molecule has 1 N–H and O–H groups in total. The van der Waals surface area contributed by atoms with E-state index in [-0.39, 0.29) is 21.3 Å². The molecule has 1 heterocycles. The van der Waals surface area contributed by atoms with Crippen molar-refractivity contribution in [2.45, 2.75) is 11.8 Å². The predicted octanol–water partition coefficient (Wildman–Crippen LogP) is 6.43. The minimum Gasteiger partial charge on any atom is -0.350 e. The number of hydrogen-bond acceptors (Lipinski definition) is 4. The van der Waals surface area contributed by atoms with Gasteiger partial charge in [0.05, 0.1) is 10.7 Å². The van der Waals surface area contributed by atoms with Gasteiger partial charge in [-0.25, -0.2) is 9.29 Å². The first-order chi connectivity index (χ1) is 14.8. The Kier molecular flexibility index (Phi) is 6.05. The molecule has 0 aliphatic carbocycles. The summed E-state index contributed by atoms with van der Waals surface area (Å²) < 4.78 is 13.6. The van der Waals surface area contributed by atoms with Crippen LogP contribution in [0.15, 0.2) is 82.2 Å². The maximum atomic E-state index is 13.6. The Bertz CT molecular complexity index is 1140. The van der Waals surface area contributed by atoms with Crippen LogP contribution in [0.1, 0.15) is 5.56 Å². The summed E-state index contributed by atoms with van der Waals surface area (Å²) in [5.74, 6) is -1.71. The van der Waals surface area contributed by atoms with Crippen molar-refractivity contribution >= 4 is 58.2 Å². The van der Waals surface area contributed by atoms with Gasteiger partial charge in [-0.05, 0) is 61.5 Å². The molecule has 1 aliphatic rings. The second-order valence-corrected chi connectivity index (χ2v) is 8.72. The molecule has 4 nitrogen and oxygen atoms in total. The second kappa shape index (κ2) is 8.75. The SMILES string of the molecule is Cc1ccc(NC2=C(Sc3ccc(Cl)cc3)C(=O)N(c3ccc(F)c(Cl)c3)C2=O)cc1. The molecular weight excluding hydrogens is 458 g/mol. The van der Waals surface area contributed by atoms with E-state index in [9.17, 15) is 14.0 Å². The zero-order valence-corrected chi connectivity index (χ0v) is 18.5. The normalized spacial score (nSPS) is 13.9. The molecule has 0 aromatic heterocycles. The van der Waals surface area contributed by atoms with E-state index in [2.05, 4.69) is 5.32 Å². The van der Waals surface area contributed by atoms with Crippen molar-refractivity contribution in [1.82, 2.24) is 0 Å². The Hall–Kier alpha value is -2.80. The van der Waals surface area contributed by atoms with Crippen LogP contribution in [0.4, 0.5) is 15.8 Å². The van der Waals surface area contributed by atoms with E-state index < -0.39 is 17.6 Å². The molecule has 0 saturated heterocycles. The highest BCUT2D eigenvalue weighted by Crippen LogP contribution is 2.38. The van der Waals surface area contributed by atoms with Crippen LogP contribution in [0.2, 0.25) is 10.0 Å². The van der Waals surface area contributed by atoms with Crippen molar-refractivity contribution in [3.8, 4) is 0 Å².